The van der Waals surface area contributed by atoms with Crippen molar-refractivity contribution in [2.45, 2.75) is 41.5 Å². The molecule has 0 unspecified atom stereocenters. The number of likely N-dealkylation sites (N-methyl/N-ethyl adjacent to an activating group) is 1. The monoisotopic (exact) mass is 409 g/mol. The van der Waals surface area contributed by atoms with Gasteiger partial charge in [0.1, 0.15) is 0 Å². The number of nitrogens with zero attached hydrogens (tertiary/aromatic N) is 3. The molecule has 154 valence electrons. The molecule has 0 radical (unpaired) electrons. The highest BCUT2D eigenvalue weighted by Gasteiger charge is 2.23. The topological polar surface area (TPSA) is 36.4 Å². The Bertz CT molecular complexity index is 1020. The van der Waals surface area contributed by atoms with Gasteiger partial charge in [-0.1, -0.05) is 48.9 Å². The molecule has 5 heteroatoms. The summed E-state index contributed by atoms with van der Waals surface area (Å²) < 4.78 is 1.14. The van der Waals surface area contributed by atoms with E-state index in [4.69, 9.17) is 4.98 Å². The van der Waals surface area contributed by atoms with Crippen LogP contribution in [0, 0.1) is 27.7 Å². The lowest BCUT2D eigenvalue weighted by molar-refractivity contribution is 0.0983. The molecule has 0 saturated carbocycles. The second kappa shape index (κ2) is 9.06. The van der Waals surface area contributed by atoms with E-state index in [2.05, 4.69) is 57.7 Å². The summed E-state index contributed by atoms with van der Waals surface area (Å²) in [4.78, 5) is 22.7. The smallest absolute Gasteiger partial charge is 0.260 e. The first-order valence-electron chi connectivity index (χ1n) is 10.3. The van der Waals surface area contributed by atoms with Crippen molar-refractivity contribution >= 4 is 32.6 Å². The van der Waals surface area contributed by atoms with Crippen LogP contribution in [0.15, 0.2) is 30.3 Å². The molecular weight excluding hydrogens is 378 g/mol. The van der Waals surface area contributed by atoms with Gasteiger partial charge in [0.05, 0.1) is 10.2 Å². The minimum Gasteiger partial charge on any atom is -0.302 e. The summed E-state index contributed by atoms with van der Waals surface area (Å²) in [5.74, 6) is 0.0306. The second-order valence-corrected chi connectivity index (χ2v) is 8.74. The van der Waals surface area contributed by atoms with Crippen molar-refractivity contribution in [1.29, 1.82) is 0 Å². The average molecular weight is 410 g/mol. The van der Waals surface area contributed by atoms with Gasteiger partial charge in [0.2, 0.25) is 0 Å². The molecule has 3 aromatic rings. The number of hydrogen-bond acceptors (Lipinski definition) is 4. The number of thiazole rings is 1. The van der Waals surface area contributed by atoms with Crippen molar-refractivity contribution in [3.63, 3.8) is 0 Å². The van der Waals surface area contributed by atoms with Crippen LogP contribution >= 0.6 is 11.3 Å². The minimum absolute atomic E-state index is 0.0306. The van der Waals surface area contributed by atoms with Crippen LogP contribution in [0.2, 0.25) is 0 Å². The first-order chi connectivity index (χ1) is 13.8. The summed E-state index contributed by atoms with van der Waals surface area (Å²) >= 11 is 1.61. The maximum absolute atomic E-state index is 13.6. The van der Waals surface area contributed by atoms with Crippen LogP contribution in [0.1, 0.15) is 46.5 Å². The zero-order valence-electron chi connectivity index (χ0n) is 18.4. The summed E-state index contributed by atoms with van der Waals surface area (Å²) in [6, 6.07) is 10.3. The van der Waals surface area contributed by atoms with E-state index in [1.165, 1.54) is 11.1 Å². The molecule has 3 rings (SSSR count). The molecule has 0 bridgehead atoms. The van der Waals surface area contributed by atoms with Crippen LogP contribution in [-0.4, -0.2) is 42.0 Å². The Hall–Kier alpha value is -2.24. The van der Waals surface area contributed by atoms with Crippen LogP contribution in [0.5, 0.6) is 0 Å². The van der Waals surface area contributed by atoms with Gasteiger partial charge in [0.25, 0.3) is 5.91 Å². The van der Waals surface area contributed by atoms with Crippen molar-refractivity contribution < 1.29 is 4.79 Å². The Labute approximate surface area is 178 Å². The number of amides is 1. The number of hydrogen-bond donors (Lipinski definition) is 0. The molecule has 1 heterocycles. The Kier molecular flexibility index (Phi) is 6.70. The standard InChI is InChI=1S/C24H31N3OS/c1-7-26(8-2)11-12-27(23(28)20-10-9-16(3)13-18(20)5)24-25-22-19(6)14-17(4)15-21(22)29-24/h9-10,13-15H,7-8,11-12H2,1-6H3. The fourth-order valence-corrected chi connectivity index (χ4v) is 4.90. The molecule has 0 N–H and O–H groups in total. The molecule has 0 aliphatic rings. The lowest BCUT2D eigenvalue weighted by atomic mass is 10.0. The highest BCUT2D eigenvalue weighted by atomic mass is 32.1. The van der Waals surface area contributed by atoms with E-state index in [0.717, 1.165) is 51.7 Å². The van der Waals surface area contributed by atoms with Crippen molar-refractivity contribution in [2.24, 2.45) is 0 Å². The Morgan fingerprint density at radius 1 is 0.931 bits per heavy atom. The van der Waals surface area contributed by atoms with Gasteiger partial charge in [-0.25, -0.2) is 4.98 Å². The number of aryl methyl sites for hydroxylation is 4. The number of rotatable bonds is 7. The largest absolute Gasteiger partial charge is 0.302 e. The maximum atomic E-state index is 13.6. The van der Waals surface area contributed by atoms with Gasteiger partial charge in [-0.15, -0.1) is 0 Å². The van der Waals surface area contributed by atoms with E-state index in [0.29, 0.717) is 6.54 Å². The molecule has 4 nitrogen and oxygen atoms in total. The number of carbonyl (C=O) groups is 1. The van der Waals surface area contributed by atoms with Gasteiger partial charge in [0, 0.05) is 18.7 Å². The quantitative estimate of drug-likeness (QED) is 0.516. The number of benzene rings is 2. The lowest BCUT2D eigenvalue weighted by Crippen LogP contribution is -2.39. The fourth-order valence-electron chi connectivity index (χ4n) is 3.74. The molecular formula is C24H31N3OS. The molecule has 0 atom stereocenters. The number of anilines is 1. The van der Waals surface area contributed by atoms with E-state index in [-0.39, 0.29) is 5.91 Å². The fraction of sp³-hybridized carbons (Fsp3) is 0.417. The van der Waals surface area contributed by atoms with Crippen LogP contribution in [0.3, 0.4) is 0 Å². The van der Waals surface area contributed by atoms with E-state index >= 15 is 0 Å². The molecule has 29 heavy (non-hydrogen) atoms. The van der Waals surface area contributed by atoms with E-state index in [1.54, 1.807) is 11.3 Å². The van der Waals surface area contributed by atoms with Gasteiger partial charge in [-0.3, -0.25) is 9.69 Å². The zero-order chi connectivity index (χ0) is 21.1. The van der Waals surface area contributed by atoms with Gasteiger partial charge < -0.3 is 4.90 Å². The summed E-state index contributed by atoms with van der Waals surface area (Å²) in [6.45, 7) is 16.0. The third-order valence-electron chi connectivity index (χ3n) is 5.44. The van der Waals surface area contributed by atoms with Crippen LogP contribution < -0.4 is 4.90 Å². The molecule has 0 spiro atoms. The van der Waals surface area contributed by atoms with Gasteiger partial charge in [0.15, 0.2) is 5.13 Å². The van der Waals surface area contributed by atoms with Crippen LogP contribution in [-0.2, 0) is 0 Å². The average Bonchev–Trinajstić information content (AvgIpc) is 3.09. The van der Waals surface area contributed by atoms with Crippen molar-refractivity contribution in [3.8, 4) is 0 Å². The van der Waals surface area contributed by atoms with Crippen LogP contribution in [0.4, 0.5) is 5.13 Å². The molecule has 0 fully saturated rings. The van der Waals surface area contributed by atoms with E-state index < -0.39 is 0 Å². The second-order valence-electron chi connectivity index (χ2n) is 7.73. The zero-order valence-corrected chi connectivity index (χ0v) is 19.2. The molecule has 0 saturated heterocycles. The SMILES string of the molecule is CCN(CC)CCN(C(=O)c1ccc(C)cc1C)c1nc2c(C)cc(C)cc2s1. The third kappa shape index (κ3) is 4.68. The van der Waals surface area contributed by atoms with Gasteiger partial charge >= 0.3 is 0 Å². The highest BCUT2D eigenvalue weighted by molar-refractivity contribution is 7.22. The number of aromatic nitrogens is 1. The summed E-state index contributed by atoms with van der Waals surface area (Å²) in [5, 5.41) is 0.783. The molecule has 0 aliphatic carbocycles. The molecule has 1 amide bonds. The molecule has 1 aromatic heterocycles. The predicted octanol–water partition coefficient (Wildman–Crippen LogP) is 5.52. The van der Waals surface area contributed by atoms with Crippen molar-refractivity contribution in [1.82, 2.24) is 9.88 Å². The summed E-state index contributed by atoms with van der Waals surface area (Å²) in [7, 11) is 0. The first kappa shape index (κ1) is 21.5. The lowest BCUT2D eigenvalue weighted by Gasteiger charge is -2.25. The first-order valence-corrected chi connectivity index (χ1v) is 11.1. The Balaban J connectivity index is 2.02. The Morgan fingerprint density at radius 2 is 1.62 bits per heavy atom. The third-order valence-corrected chi connectivity index (χ3v) is 6.47. The summed E-state index contributed by atoms with van der Waals surface area (Å²) in [5.41, 5.74) is 6.31. The van der Waals surface area contributed by atoms with Gasteiger partial charge in [-0.05, 0) is 69.6 Å². The van der Waals surface area contributed by atoms with Crippen molar-refractivity contribution in [3.05, 3.63) is 58.1 Å². The highest BCUT2D eigenvalue weighted by Crippen LogP contribution is 2.32. The Morgan fingerprint density at radius 3 is 2.28 bits per heavy atom. The predicted molar refractivity (Wildman–Crippen MR) is 124 cm³/mol. The maximum Gasteiger partial charge on any atom is 0.260 e. The summed E-state index contributed by atoms with van der Waals surface area (Å²) in [6.07, 6.45) is 0. The van der Waals surface area contributed by atoms with E-state index in [9.17, 15) is 4.79 Å². The van der Waals surface area contributed by atoms with Gasteiger partial charge in [-0.2, -0.15) is 0 Å². The van der Waals surface area contributed by atoms with E-state index in [1.807, 2.05) is 24.0 Å². The van der Waals surface area contributed by atoms with Crippen molar-refractivity contribution in [2.75, 3.05) is 31.1 Å². The number of carbonyl (C=O) groups excluding carboxylic acids is 1. The normalized spacial score (nSPS) is 11.4. The molecule has 2 aromatic carbocycles. The number of fused-ring (bicyclic) bond motifs is 1. The van der Waals surface area contributed by atoms with Crippen LogP contribution in [0.25, 0.3) is 10.2 Å². The molecule has 0 aliphatic heterocycles. The minimum atomic E-state index is 0.0306.